The number of hydrogen-bond acceptors (Lipinski definition) is 5. The summed E-state index contributed by atoms with van der Waals surface area (Å²) in [6.45, 7) is 4.30. The molecule has 0 bridgehead atoms. The molecule has 0 aliphatic carbocycles. The number of methoxy groups -OCH3 is 1. The Morgan fingerprint density at radius 1 is 1.43 bits per heavy atom. The fourth-order valence-electron chi connectivity index (χ4n) is 2.29. The minimum atomic E-state index is -0.262. The van der Waals surface area contributed by atoms with Gasteiger partial charge in [0.05, 0.1) is 18.8 Å². The summed E-state index contributed by atoms with van der Waals surface area (Å²) < 4.78 is 10.2. The quantitative estimate of drug-likeness (QED) is 0.773. The van der Waals surface area contributed by atoms with Crippen LogP contribution in [0.1, 0.15) is 17.3 Å². The van der Waals surface area contributed by atoms with E-state index in [9.17, 15) is 9.59 Å². The Kier molecular flexibility index (Phi) is 6.18. The number of nitrogens with zero attached hydrogens (tertiary/aromatic N) is 3. The summed E-state index contributed by atoms with van der Waals surface area (Å²) in [6.07, 6.45) is 1.42. The first-order valence-corrected chi connectivity index (χ1v) is 7.79. The molecule has 0 unspecified atom stereocenters. The number of carbonyl (C=O) groups is 2. The smallest absolute Gasteiger partial charge is 0.256 e. The van der Waals surface area contributed by atoms with Gasteiger partial charge in [0.2, 0.25) is 11.8 Å². The van der Waals surface area contributed by atoms with E-state index in [4.69, 9.17) is 21.1 Å². The maximum Gasteiger partial charge on any atom is 0.256 e. The van der Waals surface area contributed by atoms with Gasteiger partial charge in [-0.3, -0.25) is 9.59 Å². The molecule has 0 radical (unpaired) electrons. The first-order chi connectivity index (χ1) is 11.1. The molecule has 8 heteroatoms. The number of ether oxygens (including phenoxy) is 2. The monoisotopic (exact) mass is 341 g/mol. The van der Waals surface area contributed by atoms with Gasteiger partial charge < -0.3 is 19.3 Å². The number of pyridine rings is 1. The minimum Gasteiger partial charge on any atom is -0.477 e. The molecule has 0 atom stereocenters. The Morgan fingerprint density at radius 3 is 2.83 bits per heavy atom. The number of halogens is 1. The van der Waals surface area contributed by atoms with Crippen molar-refractivity contribution in [1.29, 1.82) is 0 Å². The SMILES string of the molecule is CCOc1ncc(C(=O)N2CCN(CCOC)C(=O)C2)cc1Cl. The van der Waals surface area contributed by atoms with Crippen molar-refractivity contribution in [2.24, 2.45) is 0 Å². The van der Waals surface area contributed by atoms with Crippen LogP contribution in [0.4, 0.5) is 0 Å². The van der Waals surface area contributed by atoms with Crippen LogP contribution in [0.15, 0.2) is 12.3 Å². The van der Waals surface area contributed by atoms with Crippen LogP contribution in [0.2, 0.25) is 5.02 Å². The van der Waals surface area contributed by atoms with Gasteiger partial charge in [0, 0.05) is 32.9 Å². The number of carbonyl (C=O) groups excluding carboxylic acids is 2. The first-order valence-electron chi connectivity index (χ1n) is 7.41. The molecule has 2 heterocycles. The highest BCUT2D eigenvalue weighted by Crippen LogP contribution is 2.23. The van der Waals surface area contributed by atoms with E-state index < -0.39 is 0 Å². The molecular formula is C15H20ClN3O4. The van der Waals surface area contributed by atoms with Gasteiger partial charge in [-0.25, -0.2) is 4.98 Å². The second-order valence-electron chi connectivity index (χ2n) is 5.04. The van der Waals surface area contributed by atoms with Crippen molar-refractivity contribution >= 4 is 23.4 Å². The molecule has 2 amide bonds. The first kappa shape index (κ1) is 17.5. The second kappa shape index (κ2) is 8.12. The number of rotatable bonds is 6. The molecule has 23 heavy (non-hydrogen) atoms. The van der Waals surface area contributed by atoms with Crippen molar-refractivity contribution in [3.63, 3.8) is 0 Å². The fourth-order valence-corrected chi connectivity index (χ4v) is 2.51. The molecule has 1 aliphatic heterocycles. The molecule has 1 fully saturated rings. The van der Waals surface area contributed by atoms with Crippen molar-refractivity contribution in [1.82, 2.24) is 14.8 Å². The van der Waals surface area contributed by atoms with Crippen molar-refractivity contribution < 1.29 is 19.1 Å². The van der Waals surface area contributed by atoms with Crippen LogP contribution in [0.25, 0.3) is 0 Å². The topological polar surface area (TPSA) is 72.0 Å². The van der Waals surface area contributed by atoms with E-state index in [-0.39, 0.29) is 23.4 Å². The van der Waals surface area contributed by atoms with Crippen molar-refractivity contribution in [3.05, 3.63) is 22.8 Å². The van der Waals surface area contributed by atoms with Gasteiger partial charge in [-0.1, -0.05) is 11.6 Å². The van der Waals surface area contributed by atoms with Crippen LogP contribution in [0.5, 0.6) is 5.88 Å². The van der Waals surface area contributed by atoms with E-state index in [0.29, 0.717) is 44.3 Å². The lowest BCUT2D eigenvalue weighted by Gasteiger charge is -2.34. The van der Waals surface area contributed by atoms with Gasteiger partial charge in [-0.15, -0.1) is 0 Å². The zero-order valence-corrected chi connectivity index (χ0v) is 14.0. The Balaban J connectivity index is 2.01. The Morgan fingerprint density at radius 2 is 2.22 bits per heavy atom. The summed E-state index contributed by atoms with van der Waals surface area (Å²) in [5.74, 6) is -0.0555. The molecular weight excluding hydrogens is 322 g/mol. The molecule has 1 aromatic rings. The van der Waals surface area contributed by atoms with E-state index >= 15 is 0 Å². The fraction of sp³-hybridized carbons (Fsp3) is 0.533. The Bertz CT molecular complexity index is 582. The molecule has 2 rings (SSSR count). The van der Waals surface area contributed by atoms with Gasteiger partial charge in [0.1, 0.15) is 11.6 Å². The summed E-state index contributed by atoms with van der Waals surface area (Å²) in [7, 11) is 1.59. The molecule has 1 aliphatic rings. The lowest BCUT2D eigenvalue weighted by atomic mass is 10.2. The average molecular weight is 342 g/mol. The minimum absolute atomic E-state index is 0.0490. The predicted molar refractivity (Wildman–Crippen MR) is 84.8 cm³/mol. The molecule has 126 valence electrons. The zero-order chi connectivity index (χ0) is 16.8. The van der Waals surface area contributed by atoms with Crippen LogP contribution < -0.4 is 4.74 Å². The highest BCUT2D eigenvalue weighted by atomic mass is 35.5. The summed E-state index contributed by atoms with van der Waals surface area (Å²) in [5.41, 5.74) is 0.344. The van der Waals surface area contributed by atoms with Crippen LogP contribution in [-0.4, -0.2) is 73.1 Å². The molecule has 0 saturated carbocycles. The molecule has 7 nitrogen and oxygen atoms in total. The third-order valence-corrected chi connectivity index (χ3v) is 3.78. The zero-order valence-electron chi connectivity index (χ0n) is 13.2. The van der Waals surface area contributed by atoms with E-state index in [1.54, 1.807) is 12.0 Å². The van der Waals surface area contributed by atoms with E-state index in [1.165, 1.54) is 17.2 Å². The predicted octanol–water partition coefficient (Wildman–Crippen LogP) is 1.06. The van der Waals surface area contributed by atoms with Gasteiger partial charge in [-0.2, -0.15) is 0 Å². The van der Waals surface area contributed by atoms with Crippen molar-refractivity contribution in [2.75, 3.05) is 46.5 Å². The Hall–Kier alpha value is -1.86. The normalized spacial score (nSPS) is 15.0. The molecule has 0 aromatic carbocycles. The number of hydrogen-bond donors (Lipinski definition) is 0. The van der Waals surface area contributed by atoms with E-state index in [2.05, 4.69) is 4.98 Å². The standard InChI is InChI=1S/C15H20ClN3O4/c1-3-23-14-12(16)8-11(9-17-14)15(21)19-5-4-18(6-7-22-2)13(20)10-19/h8-9H,3-7,10H2,1-2H3. The maximum atomic E-state index is 12.5. The van der Waals surface area contributed by atoms with Crippen LogP contribution in [0, 0.1) is 0 Å². The highest BCUT2D eigenvalue weighted by molar-refractivity contribution is 6.32. The second-order valence-corrected chi connectivity index (χ2v) is 5.45. The van der Waals surface area contributed by atoms with Crippen LogP contribution in [-0.2, 0) is 9.53 Å². The average Bonchev–Trinajstić information content (AvgIpc) is 2.55. The molecule has 0 spiro atoms. The maximum absolute atomic E-state index is 12.5. The number of aromatic nitrogens is 1. The lowest BCUT2D eigenvalue weighted by Crippen LogP contribution is -2.52. The van der Waals surface area contributed by atoms with Crippen molar-refractivity contribution in [3.8, 4) is 5.88 Å². The lowest BCUT2D eigenvalue weighted by molar-refractivity contribution is -0.135. The third-order valence-electron chi connectivity index (χ3n) is 3.51. The number of piperazine rings is 1. The largest absolute Gasteiger partial charge is 0.477 e. The van der Waals surface area contributed by atoms with Crippen LogP contribution >= 0.6 is 11.6 Å². The summed E-state index contributed by atoms with van der Waals surface area (Å²) in [6, 6.07) is 1.52. The van der Waals surface area contributed by atoms with Crippen molar-refractivity contribution in [2.45, 2.75) is 6.92 Å². The van der Waals surface area contributed by atoms with Gasteiger partial charge >= 0.3 is 0 Å². The van der Waals surface area contributed by atoms with Gasteiger partial charge in [-0.05, 0) is 13.0 Å². The third kappa shape index (κ3) is 4.33. The van der Waals surface area contributed by atoms with E-state index in [1.807, 2.05) is 6.92 Å². The van der Waals surface area contributed by atoms with E-state index in [0.717, 1.165) is 0 Å². The summed E-state index contributed by atoms with van der Waals surface area (Å²) in [4.78, 5) is 31.8. The van der Waals surface area contributed by atoms with Crippen LogP contribution in [0.3, 0.4) is 0 Å². The van der Waals surface area contributed by atoms with Gasteiger partial charge in [0.15, 0.2) is 0 Å². The Labute approximate surface area is 140 Å². The molecule has 1 saturated heterocycles. The molecule has 0 N–H and O–H groups in total. The summed E-state index contributed by atoms with van der Waals surface area (Å²) in [5, 5.41) is 0.280. The molecule has 1 aromatic heterocycles. The van der Waals surface area contributed by atoms with Gasteiger partial charge in [0.25, 0.3) is 5.91 Å². The summed E-state index contributed by atoms with van der Waals surface area (Å²) >= 11 is 6.05. The number of amides is 2. The highest BCUT2D eigenvalue weighted by Gasteiger charge is 2.28.